The van der Waals surface area contributed by atoms with Gasteiger partial charge in [0.1, 0.15) is 0 Å². The SMILES string of the molecule is CC(=O)C(=O)CCc1c(C)cc(C)cc1C. The Morgan fingerprint density at radius 1 is 1.06 bits per heavy atom. The van der Waals surface area contributed by atoms with Crippen LogP contribution in [-0.4, -0.2) is 11.6 Å². The van der Waals surface area contributed by atoms with Gasteiger partial charge in [0.2, 0.25) is 0 Å². The van der Waals surface area contributed by atoms with E-state index in [9.17, 15) is 9.59 Å². The number of hydrogen-bond acceptors (Lipinski definition) is 2. The minimum Gasteiger partial charge on any atom is -0.291 e. The summed E-state index contributed by atoms with van der Waals surface area (Å²) in [4.78, 5) is 22.1. The first kappa shape index (κ1) is 12.6. The molecule has 2 heteroatoms. The van der Waals surface area contributed by atoms with E-state index >= 15 is 0 Å². The lowest BCUT2D eigenvalue weighted by atomic mass is 9.95. The number of Topliss-reactive ketones (excluding diaryl/α,β-unsaturated/α-hetero) is 2. The van der Waals surface area contributed by atoms with Crippen molar-refractivity contribution in [1.29, 1.82) is 0 Å². The van der Waals surface area contributed by atoms with Crippen LogP contribution < -0.4 is 0 Å². The molecule has 0 aliphatic carbocycles. The van der Waals surface area contributed by atoms with Gasteiger partial charge in [-0.1, -0.05) is 17.7 Å². The van der Waals surface area contributed by atoms with E-state index in [1.54, 1.807) is 0 Å². The standard InChI is InChI=1S/C14H18O2/c1-9-7-10(2)13(11(3)8-9)5-6-14(16)12(4)15/h7-8H,5-6H2,1-4H3. The van der Waals surface area contributed by atoms with Crippen molar-refractivity contribution in [3.8, 4) is 0 Å². The van der Waals surface area contributed by atoms with Crippen LogP contribution in [0, 0.1) is 20.8 Å². The van der Waals surface area contributed by atoms with E-state index in [1.807, 2.05) is 13.8 Å². The van der Waals surface area contributed by atoms with E-state index in [1.165, 1.54) is 29.2 Å². The zero-order valence-corrected chi connectivity index (χ0v) is 10.4. The highest BCUT2D eigenvalue weighted by Crippen LogP contribution is 2.18. The highest BCUT2D eigenvalue weighted by molar-refractivity contribution is 6.36. The van der Waals surface area contributed by atoms with Crippen molar-refractivity contribution in [2.24, 2.45) is 0 Å². The zero-order valence-electron chi connectivity index (χ0n) is 10.4. The van der Waals surface area contributed by atoms with Crippen LogP contribution in [0.4, 0.5) is 0 Å². The molecule has 1 aromatic rings. The van der Waals surface area contributed by atoms with Gasteiger partial charge in [-0.2, -0.15) is 0 Å². The number of carbonyl (C=O) groups excluding carboxylic acids is 2. The summed E-state index contributed by atoms with van der Waals surface area (Å²) in [5.74, 6) is -0.623. The third-order valence-electron chi connectivity index (χ3n) is 2.84. The van der Waals surface area contributed by atoms with Gasteiger partial charge in [-0.3, -0.25) is 9.59 Å². The van der Waals surface area contributed by atoms with Gasteiger partial charge in [-0.25, -0.2) is 0 Å². The minimum absolute atomic E-state index is 0.278. The first-order valence-electron chi connectivity index (χ1n) is 5.52. The summed E-state index contributed by atoms with van der Waals surface area (Å²) >= 11 is 0. The maximum absolute atomic E-state index is 11.3. The van der Waals surface area contributed by atoms with Gasteiger partial charge in [0.25, 0.3) is 0 Å². The number of hydrogen-bond donors (Lipinski definition) is 0. The average Bonchev–Trinajstić information content (AvgIpc) is 2.15. The summed E-state index contributed by atoms with van der Waals surface area (Å²) in [5.41, 5.74) is 4.83. The summed E-state index contributed by atoms with van der Waals surface area (Å²) in [5, 5.41) is 0. The van der Waals surface area contributed by atoms with Crippen molar-refractivity contribution in [1.82, 2.24) is 0 Å². The van der Waals surface area contributed by atoms with Crippen LogP contribution in [0.25, 0.3) is 0 Å². The smallest absolute Gasteiger partial charge is 0.198 e. The molecule has 2 nitrogen and oxygen atoms in total. The third-order valence-corrected chi connectivity index (χ3v) is 2.84. The molecule has 0 amide bonds. The van der Waals surface area contributed by atoms with Crippen LogP contribution in [0.2, 0.25) is 0 Å². The molecular weight excluding hydrogens is 200 g/mol. The third kappa shape index (κ3) is 3.02. The fourth-order valence-electron chi connectivity index (χ4n) is 2.02. The first-order valence-corrected chi connectivity index (χ1v) is 5.52. The molecule has 1 aromatic carbocycles. The van der Waals surface area contributed by atoms with Gasteiger partial charge in [0.05, 0.1) is 0 Å². The molecule has 0 radical (unpaired) electrons. The Morgan fingerprint density at radius 2 is 1.56 bits per heavy atom. The highest BCUT2D eigenvalue weighted by atomic mass is 16.2. The van der Waals surface area contributed by atoms with Crippen LogP contribution >= 0.6 is 0 Å². The Kier molecular flexibility index (Phi) is 3.99. The summed E-state index contributed by atoms with van der Waals surface area (Å²) < 4.78 is 0. The highest BCUT2D eigenvalue weighted by Gasteiger charge is 2.10. The Labute approximate surface area is 96.7 Å². The Bertz CT molecular complexity index is 407. The normalized spacial score (nSPS) is 10.2. The van der Waals surface area contributed by atoms with E-state index in [2.05, 4.69) is 19.1 Å². The van der Waals surface area contributed by atoms with E-state index in [0.717, 1.165) is 0 Å². The summed E-state index contributed by atoms with van der Waals surface area (Å²) in [6, 6.07) is 4.22. The molecule has 0 heterocycles. The fourth-order valence-corrected chi connectivity index (χ4v) is 2.02. The predicted molar refractivity (Wildman–Crippen MR) is 64.7 cm³/mol. The number of rotatable bonds is 4. The number of benzene rings is 1. The monoisotopic (exact) mass is 218 g/mol. The molecule has 0 N–H and O–H groups in total. The number of carbonyl (C=O) groups is 2. The second-order valence-corrected chi connectivity index (χ2v) is 4.36. The van der Waals surface area contributed by atoms with Crippen LogP contribution in [-0.2, 0) is 16.0 Å². The zero-order chi connectivity index (χ0) is 12.3. The lowest BCUT2D eigenvalue weighted by Gasteiger charge is -2.10. The molecule has 86 valence electrons. The molecule has 0 bridgehead atoms. The molecule has 0 aliphatic rings. The Hall–Kier alpha value is -1.44. The van der Waals surface area contributed by atoms with Gasteiger partial charge >= 0.3 is 0 Å². The van der Waals surface area contributed by atoms with Crippen LogP contribution in [0.1, 0.15) is 35.6 Å². The van der Waals surface area contributed by atoms with E-state index in [4.69, 9.17) is 0 Å². The van der Waals surface area contributed by atoms with Gasteiger partial charge in [0, 0.05) is 13.3 Å². The van der Waals surface area contributed by atoms with Crippen LogP contribution in [0.5, 0.6) is 0 Å². The molecule has 0 aliphatic heterocycles. The van der Waals surface area contributed by atoms with Gasteiger partial charge in [-0.05, 0) is 43.9 Å². The second-order valence-electron chi connectivity index (χ2n) is 4.36. The largest absolute Gasteiger partial charge is 0.291 e. The molecule has 0 saturated carbocycles. The lowest BCUT2D eigenvalue weighted by Crippen LogP contribution is -2.11. The van der Waals surface area contributed by atoms with Crippen molar-refractivity contribution in [2.75, 3.05) is 0 Å². The van der Waals surface area contributed by atoms with Crippen LogP contribution in [0.15, 0.2) is 12.1 Å². The maximum atomic E-state index is 11.3. The molecule has 16 heavy (non-hydrogen) atoms. The lowest BCUT2D eigenvalue weighted by molar-refractivity contribution is -0.135. The molecule has 0 saturated heterocycles. The van der Waals surface area contributed by atoms with Gasteiger partial charge < -0.3 is 0 Å². The summed E-state index contributed by atoms with van der Waals surface area (Å²) in [7, 11) is 0. The topological polar surface area (TPSA) is 34.1 Å². The molecule has 0 spiro atoms. The number of aryl methyl sites for hydroxylation is 3. The predicted octanol–water partition coefficient (Wildman–Crippen LogP) is 2.70. The molecule has 0 fully saturated rings. The fraction of sp³-hybridized carbons (Fsp3) is 0.429. The minimum atomic E-state index is -0.345. The molecule has 0 atom stereocenters. The Balaban J connectivity index is 2.82. The molecule has 0 aromatic heterocycles. The van der Waals surface area contributed by atoms with Crippen molar-refractivity contribution in [2.45, 2.75) is 40.5 Å². The van der Waals surface area contributed by atoms with Crippen molar-refractivity contribution in [3.63, 3.8) is 0 Å². The van der Waals surface area contributed by atoms with Crippen molar-refractivity contribution >= 4 is 11.6 Å². The van der Waals surface area contributed by atoms with E-state index < -0.39 is 0 Å². The van der Waals surface area contributed by atoms with E-state index in [-0.39, 0.29) is 11.6 Å². The first-order chi connectivity index (χ1) is 7.41. The summed E-state index contributed by atoms with van der Waals surface area (Å²) in [6.45, 7) is 7.49. The van der Waals surface area contributed by atoms with Crippen molar-refractivity contribution in [3.05, 3.63) is 34.4 Å². The second kappa shape index (κ2) is 5.06. The molecule has 1 rings (SSSR count). The number of ketones is 2. The quantitative estimate of drug-likeness (QED) is 0.728. The van der Waals surface area contributed by atoms with Crippen molar-refractivity contribution < 1.29 is 9.59 Å². The average molecular weight is 218 g/mol. The molecule has 0 unspecified atom stereocenters. The van der Waals surface area contributed by atoms with Crippen LogP contribution in [0.3, 0.4) is 0 Å². The van der Waals surface area contributed by atoms with Gasteiger partial charge in [0.15, 0.2) is 11.6 Å². The Morgan fingerprint density at radius 3 is 2.00 bits per heavy atom. The summed E-state index contributed by atoms with van der Waals surface area (Å²) in [6.07, 6.45) is 0.983. The molecular formula is C14H18O2. The maximum Gasteiger partial charge on any atom is 0.198 e. The van der Waals surface area contributed by atoms with E-state index in [0.29, 0.717) is 12.8 Å². The van der Waals surface area contributed by atoms with Gasteiger partial charge in [-0.15, -0.1) is 0 Å².